The van der Waals surface area contributed by atoms with Gasteiger partial charge in [0.1, 0.15) is 22.3 Å². The molecule has 4 rings (SSSR count). The second-order valence-corrected chi connectivity index (χ2v) is 9.96. The van der Waals surface area contributed by atoms with Gasteiger partial charge in [-0.1, -0.05) is 36.4 Å². The van der Waals surface area contributed by atoms with Crippen molar-refractivity contribution in [1.82, 2.24) is 4.90 Å². The van der Waals surface area contributed by atoms with Gasteiger partial charge in [0.05, 0.1) is 0 Å². The third-order valence-electron chi connectivity index (χ3n) is 5.45. The molecule has 190 valence electrons. The van der Waals surface area contributed by atoms with Gasteiger partial charge in [0.15, 0.2) is 0 Å². The maximum atomic E-state index is 13.4. The third kappa shape index (κ3) is 7.14. The molecule has 6 nitrogen and oxygen atoms in total. The van der Waals surface area contributed by atoms with E-state index >= 15 is 0 Å². The van der Waals surface area contributed by atoms with Crippen molar-refractivity contribution in [1.29, 1.82) is 0 Å². The molecule has 0 heterocycles. The van der Waals surface area contributed by atoms with E-state index in [1.165, 1.54) is 24.3 Å². The third-order valence-corrected chi connectivity index (χ3v) is 6.71. The number of nitrogens with one attached hydrogen (secondary N) is 1. The summed E-state index contributed by atoms with van der Waals surface area (Å²) in [6, 6.07) is 23.5. The smallest absolute Gasteiger partial charge is 0.339 e. The lowest BCUT2D eigenvalue weighted by atomic mass is 10.1. The first kappa shape index (κ1) is 25.8. The van der Waals surface area contributed by atoms with Crippen LogP contribution < -0.4 is 9.50 Å². The van der Waals surface area contributed by atoms with Crippen molar-refractivity contribution in [3.8, 4) is 5.75 Å². The maximum Gasteiger partial charge on any atom is 0.339 e. The van der Waals surface area contributed by atoms with Gasteiger partial charge in [0, 0.05) is 18.8 Å². The van der Waals surface area contributed by atoms with Gasteiger partial charge in [-0.2, -0.15) is 8.42 Å². The normalized spacial score (nSPS) is 11.1. The fraction of sp³-hybridized carbons (Fsp3) is 0.107. The molecule has 0 aliphatic heterocycles. The van der Waals surface area contributed by atoms with Crippen LogP contribution in [0, 0.1) is 18.6 Å². The minimum atomic E-state index is -4.13. The zero-order valence-electron chi connectivity index (χ0n) is 19.9. The van der Waals surface area contributed by atoms with Crippen LogP contribution in [0.4, 0.5) is 19.3 Å². The fourth-order valence-corrected chi connectivity index (χ4v) is 4.51. The summed E-state index contributed by atoms with van der Waals surface area (Å²) in [7, 11) is -4.13. The monoisotopic (exact) mass is 522 g/mol. The Morgan fingerprint density at radius 2 is 1.35 bits per heavy atom. The van der Waals surface area contributed by atoms with Gasteiger partial charge >= 0.3 is 16.1 Å². The van der Waals surface area contributed by atoms with Gasteiger partial charge in [-0.15, -0.1) is 0 Å². The van der Waals surface area contributed by atoms with Gasteiger partial charge in [0.2, 0.25) is 0 Å². The summed E-state index contributed by atoms with van der Waals surface area (Å²) >= 11 is 0. The van der Waals surface area contributed by atoms with Crippen LogP contribution in [0.2, 0.25) is 0 Å². The molecule has 0 atom stereocenters. The highest BCUT2D eigenvalue weighted by molar-refractivity contribution is 7.87. The first-order valence-electron chi connectivity index (χ1n) is 11.3. The molecular formula is C28H24F2N2O4S. The first-order valence-corrected chi connectivity index (χ1v) is 12.7. The maximum absolute atomic E-state index is 13.4. The number of anilines is 1. The number of carbonyl (C=O) groups excluding carboxylic acids is 1. The molecular weight excluding hydrogens is 498 g/mol. The Morgan fingerprint density at radius 1 is 0.811 bits per heavy atom. The molecule has 0 saturated carbocycles. The topological polar surface area (TPSA) is 75.7 Å². The molecule has 0 saturated heterocycles. The molecule has 4 aromatic rings. The van der Waals surface area contributed by atoms with Crippen molar-refractivity contribution in [2.24, 2.45) is 0 Å². The van der Waals surface area contributed by atoms with E-state index in [1.54, 1.807) is 35.2 Å². The quantitative estimate of drug-likeness (QED) is 0.277. The second kappa shape index (κ2) is 11.2. The lowest BCUT2D eigenvalue weighted by molar-refractivity contribution is 0.206. The van der Waals surface area contributed by atoms with Crippen LogP contribution in [0.3, 0.4) is 0 Å². The summed E-state index contributed by atoms with van der Waals surface area (Å²) in [5, 5.41) is 2.88. The van der Waals surface area contributed by atoms with Crippen molar-refractivity contribution < 1.29 is 26.2 Å². The number of rotatable bonds is 8. The predicted molar refractivity (Wildman–Crippen MR) is 137 cm³/mol. The van der Waals surface area contributed by atoms with E-state index in [1.807, 2.05) is 25.1 Å². The largest absolute Gasteiger partial charge is 0.379 e. The molecule has 1 N–H and O–H groups in total. The van der Waals surface area contributed by atoms with Crippen molar-refractivity contribution in [2.45, 2.75) is 24.9 Å². The van der Waals surface area contributed by atoms with Crippen LogP contribution in [0.25, 0.3) is 0 Å². The average Bonchev–Trinajstić information content (AvgIpc) is 2.86. The van der Waals surface area contributed by atoms with Crippen LogP contribution in [-0.2, 0) is 23.2 Å². The zero-order valence-corrected chi connectivity index (χ0v) is 20.7. The molecule has 4 aromatic carbocycles. The SMILES string of the molecule is Cc1cccc(NC(=O)N(Cc2ccc(F)cc2)Cc2ccc(OS(=O)(=O)c3ccc(F)cc3)cc2)c1. The number of halogens is 2. The molecule has 9 heteroatoms. The number of aryl methyl sites for hydroxylation is 1. The van der Waals surface area contributed by atoms with E-state index in [-0.39, 0.29) is 35.6 Å². The van der Waals surface area contributed by atoms with E-state index in [9.17, 15) is 22.0 Å². The Kier molecular flexibility index (Phi) is 7.83. The molecule has 0 aliphatic carbocycles. The number of hydrogen-bond acceptors (Lipinski definition) is 4. The molecule has 2 amide bonds. The fourth-order valence-electron chi connectivity index (χ4n) is 3.58. The summed E-state index contributed by atoms with van der Waals surface area (Å²) < 4.78 is 56.6. The summed E-state index contributed by atoms with van der Waals surface area (Å²) in [6.07, 6.45) is 0. The Hall–Kier alpha value is -4.24. The molecule has 37 heavy (non-hydrogen) atoms. The molecule has 0 unspecified atom stereocenters. The minimum absolute atomic E-state index is 0.0716. The zero-order chi connectivity index (χ0) is 26.4. The van der Waals surface area contributed by atoms with E-state index in [4.69, 9.17) is 4.18 Å². The van der Waals surface area contributed by atoms with Gasteiger partial charge in [0.25, 0.3) is 0 Å². The van der Waals surface area contributed by atoms with Gasteiger partial charge in [-0.05, 0) is 84.3 Å². The molecule has 0 spiro atoms. The lowest BCUT2D eigenvalue weighted by Crippen LogP contribution is -2.34. The highest BCUT2D eigenvalue weighted by atomic mass is 32.2. The number of nitrogens with zero attached hydrogens (tertiary/aromatic N) is 1. The molecule has 0 aliphatic rings. The first-order chi connectivity index (χ1) is 17.7. The van der Waals surface area contributed by atoms with E-state index < -0.39 is 15.9 Å². The molecule has 0 aromatic heterocycles. The average molecular weight is 523 g/mol. The minimum Gasteiger partial charge on any atom is -0.379 e. The van der Waals surface area contributed by atoms with Crippen molar-refractivity contribution in [2.75, 3.05) is 5.32 Å². The van der Waals surface area contributed by atoms with Crippen LogP contribution >= 0.6 is 0 Å². The summed E-state index contributed by atoms with van der Waals surface area (Å²) in [5.41, 5.74) is 3.09. The van der Waals surface area contributed by atoms with E-state index in [0.717, 1.165) is 35.4 Å². The standard InChI is InChI=1S/C28H24F2N2O4S/c1-20-3-2-4-25(17-20)31-28(33)32(18-21-5-9-23(29)10-6-21)19-22-7-13-26(14-8-22)36-37(34,35)27-15-11-24(30)12-16-27/h2-17H,18-19H2,1H3,(H,31,33). The Balaban J connectivity index is 1.50. The van der Waals surface area contributed by atoms with Crippen LogP contribution in [-0.4, -0.2) is 19.3 Å². The van der Waals surface area contributed by atoms with Crippen molar-refractivity contribution in [3.63, 3.8) is 0 Å². The molecule has 0 bridgehead atoms. The van der Waals surface area contributed by atoms with Gasteiger partial charge < -0.3 is 14.4 Å². The highest BCUT2D eigenvalue weighted by Gasteiger charge is 2.18. The Labute approximate surface area is 214 Å². The second-order valence-electron chi connectivity index (χ2n) is 8.42. The van der Waals surface area contributed by atoms with Crippen molar-refractivity contribution >= 4 is 21.8 Å². The van der Waals surface area contributed by atoms with Crippen molar-refractivity contribution in [3.05, 3.63) is 125 Å². The van der Waals surface area contributed by atoms with Crippen LogP contribution in [0.1, 0.15) is 16.7 Å². The van der Waals surface area contributed by atoms with E-state index in [0.29, 0.717) is 11.3 Å². The summed E-state index contributed by atoms with van der Waals surface area (Å²) in [6.45, 7) is 2.33. The predicted octanol–water partition coefficient (Wildman–Crippen LogP) is 6.28. The summed E-state index contributed by atoms with van der Waals surface area (Å²) in [5.74, 6) is -0.854. The number of carbonyl (C=O) groups is 1. The van der Waals surface area contributed by atoms with E-state index in [2.05, 4.69) is 5.32 Å². The van der Waals surface area contributed by atoms with Crippen LogP contribution in [0.15, 0.2) is 102 Å². The number of urea groups is 1. The Bertz CT molecular complexity index is 1470. The number of amides is 2. The number of benzene rings is 4. The lowest BCUT2D eigenvalue weighted by Gasteiger charge is -2.24. The van der Waals surface area contributed by atoms with Crippen LogP contribution in [0.5, 0.6) is 5.75 Å². The van der Waals surface area contributed by atoms with Gasteiger partial charge in [-0.3, -0.25) is 0 Å². The molecule has 0 radical (unpaired) electrons. The molecule has 0 fully saturated rings. The highest BCUT2D eigenvalue weighted by Crippen LogP contribution is 2.21. The Morgan fingerprint density at radius 3 is 1.92 bits per heavy atom. The number of hydrogen-bond donors (Lipinski definition) is 1. The summed E-state index contributed by atoms with van der Waals surface area (Å²) in [4.78, 5) is 14.5. The van der Waals surface area contributed by atoms with Gasteiger partial charge in [-0.25, -0.2) is 13.6 Å².